The summed E-state index contributed by atoms with van der Waals surface area (Å²) in [4.78, 5) is 0. The molecule has 0 bridgehead atoms. The molecule has 0 atom stereocenters. The molecule has 1 fully saturated rings. The standard InChI is InChI=1S/C8H19N4.2CH3.2ClH.Ti/c1-2-10-5-6-12-8-7-11-4-3-9-1;;;;;/h9-11H,1-8H2;2*1H3;2*1H;/q3*-1;;;+3. The van der Waals surface area contributed by atoms with Crippen LogP contribution in [0.25, 0.3) is 5.32 Å². The predicted molar refractivity (Wildman–Crippen MR) is 79.0 cm³/mol. The van der Waals surface area contributed by atoms with Crippen LogP contribution in [0.5, 0.6) is 0 Å². The van der Waals surface area contributed by atoms with Crippen molar-refractivity contribution in [2.75, 3.05) is 52.4 Å². The monoisotopic (exact) mass is 321 g/mol. The summed E-state index contributed by atoms with van der Waals surface area (Å²) >= 11 is 0. The summed E-state index contributed by atoms with van der Waals surface area (Å²) in [5, 5.41) is 14.4. The van der Waals surface area contributed by atoms with Crippen LogP contribution in [-0.4, -0.2) is 52.4 Å². The van der Waals surface area contributed by atoms with Gasteiger partial charge in [0.1, 0.15) is 0 Å². The molecule has 17 heavy (non-hydrogen) atoms. The van der Waals surface area contributed by atoms with E-state index in [1.54, 1.807) is 0 Å². The Morgan fingerprint density at radius 3 is 1.24 bits per heavy atom. The first kappa shape index (κ1) is 30.9. The van der Waals surface area contributed by atoms with Gasteiger partial charge in [-0.05, 0) is 13.1 Å². The van der Waals surface area contributed by atoms with Gasteiger partial charge in [0.15, 0.2) is 0 Å². The van der Waals surface area contributed by atoms with Gasteiger partial charge < -0.3 is 36.1 Å². The van der Waals surface area contributed by atoms with E-state index in [0.717, 1.165) is 52.4 Å². The minimum absolute atomic E-state index is 0. The summed E-state index contributed by atoms with van der Waals surface area (Å²) in [7, 11) is 0. The van der Waals surface area contributed by atoms with E-state index in [2.05, 4.69) is 21.3 Å². The third-order valence-electron chi connectivity index (χ3n) is 1.85. The zero-order valence-electron chi connectivity index (χ0n) is 10.9. The molecule has 1 aliphatic rings. The molecule has 0 aliphatic carbocycles. The summed E-state index contributed by atoms with van der Waals surface area (Å²) in [6, 6.07) is 0. The Balaban J connectivity index is -0.0000000960. The molecule has 0 spiro atoms. The maximum Gasteiger partial charge on any atom is 3.00 e. The minimum Gasteiger partial charge on any atom is -0.660 e. The number of nitrogens with zero attached hydrogens (tertiary/aromatic N) is 1. The van der Waals surface area contributed by atoms with Crippen LogP contribution < -0.4 is 16.0 Å². The molecule has 0 unspecified atom stereocenters. The Bertz CT molecular complexity index is 69.3. The van der Waals surface area contributed by atoms with Crippen molar-refractivity contribution in [3.63, 3.8) is 0 Å². The van der Waals surface area contributed by atoms with Crippen LogP contribution in [0.4, 0.5) is 0 Å². The first-order valence-electron chi connectivity index (χ1n) is 4.75. The Labute approximate surface area is 135 Å². The molecular formula is C10H27Cl2N4Ti. The Morgan fingerprint density at radius 2 is 0.882 bits per heavy atom. The first-order valence-corrected chi connectivity index (χ1v) is 4.75. The summed E-state index contributed by atoms with van der Waals surface area (Å²) in [5.74, 6) is 0. The zero-order valence-corrected chi connectivity index (χ0v) is 14.1. The average molecular weight is 322 g/mol. The van der Waals surface area contributed by atoms with E-state index in [4.69, 9.17) is 0 Å². The molecule has 1 rings (SSSR count). The second-order valence-corrected chi connectivity index (χ2v) is 2.92. The normalized spacial score (nSPS) is 16.9. The summed E-state index contributed by atoms with van der Waals surface area (Å²) in [6.07, 6.45) is 0. The van der Waals surface area contributed by atoms with Crippen LogP contribution >= 0.6 is 24.8 Å². The maximum atomic E-state index is 4.36. The first-order chi connectivity index (χ1) is 6.00. The number of rotatable bonds is 0. The van der Waals surface area contributed by atoms with Crippen molar-refractivity contribution < 1.29 is 21.7 Å². The number of halogens is 2. The molecule has 1 saturated heterocycles. The summed E-state index contributed by atoms with van der Waals surface area (Å²) in [5.41, 5.74) is 0. The number of hydrogen-bond acceptors (Lipinski definition) is 3. The minimum atomic E-state index is 0. The van der Waals surface area contributed by atoms with Crippen LogP contribution in [-0.2, 0) is 21.7 Å². The van der Waals surface area contributed by atoms with Crippen molar-refractivity contribution in [2.24, 2.45) is 0 Å². The Hall–Kier alpha value is 1.13. The quantitative estimate of drug-likeness (QED) is 0.458. The largest absolute Gasteiger partial charge is 3.00 e. The van der Waals surface area contributed by atoms with Crippen LogP contribution in [0.2, 0.25) is 0 Å². The van der Waals surface area contributed by atoms with Crippen molar-refractivity contribution in [2.45, 2.75) is 0 Å². The molecule has 1 aliphatic heterocycles. The number of hydrogen-bond donors (Lipinski definition) is 3. The second-order valence-electron chi connectivity index (χ2n) is 2.92. The van der Waals surface area contributed by atoms with Gasteiger partial charge in [0, 0.05) is 26.2 Å². The van der Waals surface area contributed by atoms with Gasteiger partial charge in [-0.25, -0.2) is 0 Å². The van der Waals surface area contributed by atoms with Gasteiger partial charge in [-0.1, -0.05) is 0 Å². The van der Waals surface area contributed by atoms with E-state index < -0.39 is 0 Å². The van der Waals surface area contributed by atoms with Crippen molar-refractivity contribution >= 4 is 24.8 Å². The van der Waals surface area contributed by atoms with E-state index in [0.29, 0.717) is 0 Å². The molecule has 1 radical (unpaired) electrons. The van der Waals surface area contributed by atoms with E-state index in [9.17, 15) is 0 Å². The fourth-order valence-electron chi connectivity index (χ4n) is 1.16. The molecule has 7 heteroatoms. The van der Waals surface area contributed by atoms with Gasteiger partial charge >= 0.3 is 21.7 Å². The third-order valence-corrected chi connectivity index (χ3v) is 1.85. The number of nitrogens with one attached hydrogen (secondary N) is 3. The Morgan fingerprint density at radius 1 is 0.588 bits per heavy atom. The summed E-state index contributed by atoms with van der Waals surface area (Å²) in [6.45, 7) is 8.14. The van der Waals surface area contributed by atoms with Gasteiger partial charge in [-0.2, -0.15) is 0 Å². The van der Waals surface area contributed by atoms with E-state index in [1.807, 2.05) is 0 Å². The van der Waals surface area contributed by atoms with Gasteiger partial charge in [-0.15, -0.1) is 37.9 Å². The Kier molecular flexibility index (Phi) is 46.9. The molecule has 0 amide bonds. The molecule has 1 heterocycles. The molecule has 0 aromatic carbocycles. The molecular weight excluding hydrogens is 295 g/mol. The van der Waals surface area contributed by atoms with Crippen molar-refractivity contribution in [1.29, 1.82) is 0 Å². The van der Waals surface area contributed by atoms with Crippen molar-refractivity contribution in [3.8, 4) is 0 Å². The molecule has 3 N–H and O–H groups in total. The molecule has 0 aromatic rings. The second kappa shape index (κ2) is 25.9. The van der Waals surface area contributed by atoms with Gasteiger partial charge in [0.05, 0.1) is 0 Å². The van der Waals surface area contributed by atoms with Crippen molar-refractivity contribution in [1.82, 2.24) is 16.0 Å². The molecule has 0 saturated carbocycles. The predicted octanol–water partition coefficient (Wildman–Crippen LogP) is 0.884. The molecule has 105 valence electrons. The fourth-order valence-corrected chi connectivity index (χ4v) is 1.16. The molecule has 0 aromatic heterocycles. The van der Waals surface area contributed by atoms with Gasteiger partial charge in [0.25, 0.3) is 0 Å². The van der Waals surface area contributed by atoms with E-state index in [-0.39, 0.29) is 61.4 Å². The van der Waals surface area contributed by atoms with Crippen LogP contribution in [0.3, 0.4) is 0 Å². The van der Waals surface area contributed by atoms with Gasteiger partial charge in [-0.3, -0.25) is 0 Å². The zero-order chi connectivity index (χ0) is 8.49. The average Bonchev–Trinajstić information content (AvgIpc) is 2.05. The topological polar surface area (TPSA) is 50.2 Å². The van der Waals surface area contributed by atoms with Crippen LogP contribution in [0.15, 0.2) is 0 Å². The van der Waals surface area contributed by atoms with E-state index >= 15 is 0 Å². The molecule has 4 nitrogen and oxygen atoms in total. The van der Waals surface area contributed by atoms with Crippen LogP contribution in [0.1, 0.15) is 0 Å². The van der Waals surface area contributed by atoms with Crippen molar-refractivity contribution in [3.05, 3.63) is 20.2 Å². The summed E-state index contributed by atoms with van der Waals surface area (Å²) < 4.78 is 0. The van der Waals surface area contributed by atoms with E-state index in [1.165, 1.54) is 0 Å². The SMILES string of the molecule is C1CNCCNCCNCC[N-]1.Cl.Cl.[CH3-].[CH3-].[Ti+3]. The maximum absolute atomic E-state index is 4.36. The third kappa shape index (κ3) is 22.7. The smallest absolute Gasteiger partial charge is 0.660 e. The van der Waals surface area contributed by atoms with Crippen LogP contribution in [0, 0.1) is 14.9 Å². The van der Waals surface area contributed by atoms with Gasteiger partial charge in [0.2, 0.25) is 0 Å². The fraction of sp³-hybridized carbons (Fsp3) is 0.800.